The van der Waals surface area contributed by atoms with Gasteiger partial charge in [-0.3, -0.25) is 5.43 Å². The number of thiazole rings is 1. The Kier molecular flexibility index (Phi) is 4.63. The first kappa shape index (κ1) is 15.2. The number of alkyl halides is 3. The van der Waals surface area contributed by atoms with Crippen LogP contribution in [0.1, 0.15) is 16.8 Å². The van der Waals surface area contributed by atoms with Crippen molar-refractivity contribution >= 4 is 45.3 Å². The molecule has 2 rings (SSSR count). The summed E-state index contributed by atoms with van der Waals surface area (Å²) < 4.78 is 38.5. The Balaban J connectivity index is 2.16. The Labute approximate surface area is 131 Å². The summed E-state index contributed by atoms with van der Waals surface area (Å²) >= 11 is 3.34. The maximum atomic E-state index is 12.6. The SMILES string of the molecule is Cc1csc(NN=Cc2cc(C(F)(F)F)ccc2I)n1. The highest BCUT2D eigenvalue weighted by Crippen LogP contribution is 2.30. The van der Waals surface area contributed by atoms with Crippen LogP contribution in [-0.4, -0.2) is 11.2 Å². The number of anilines is 1. The summed E-state index contributed by atoms with van der Waals surface area (Å²) in [4.78, 5) is 4.13. The van der Waals surface area contributed by atoms with Gasteiger partial charge in [-0.15, -0.1) is 11.3 Å². The van der Waals surface area contributed by atoms with Crippen molar-refractivity contribution in [2.24, 2.45) is 5.10 Å². The van der Waals surface area contributed by atoms with Crippen LogP contribution >= 0.6 is 33.9 Å². The summed E-state index contributed by atoms with van der Waals surface area (Å²) in [7, 11) is 0. The van der Waals surface area contributed by atoms with Crippen LogP contribution in [0.15, 0.2) is 28.7 Å². The van der Waals surface area contributed by atoms with E-state index in [1.54, 1.807) is 0 Å². The minimum absolute atomic E-state index is 0.404. The van der Waals surface area contributed by atoms with Gasteiger partial charge in [0.05, 0.1) is 17.5 Å². The van der Waals surface area contributed by atoms with E-state index in [4.69, 9.17) is 0 Å². The molecule has 1 aromatic heterocycles. The molecule has 0 aliphatic carbocycles. The van der Waals surface area contributed by atoms with Crippen molar-refractivity contribution < 1.29 is 13.2 Å². The van der Waals surface area contributed by atoms with E-state index >= 15 is 0 Å². The molecular weight excluding hydrogens is 402 g/mol. The molecule has 0 saturated heterocycles. The van der Waals surface area contributed by atoms with Gasteiger partial charge in [-0.1, -0.05) is 0 Å². The van der Waals surface area contributed by atoms with Gasteiger partial charge in [-0.05, 0) is 47.7 Å². The van der Waals surface area contributed by atoms with E-state index < -0.39 is 11.7 Å². The molecule has 0 saturated carbocycles. The molecule has 0 aliphatic heterocycles. The Morgan fingerprint density at radius 1 is 1.40 bits per heavy atom. The number of benzene rings is 1. The number of nitrogens with zero attached hydrogens (tertiary/aromatic N) is 2. The van der Waals surface area contributed by atoms with Crippen LogP contribution in [0, 0.1) is 10.5 Å². The fourth-order valence-corrected chi connectivity index (χ4v) is 2.49. The zero-order chi connectivity index (χ0) is 14.8. The van der Waals surface area contributed by atoms with E-state index in [0.717, 1.165) is 17.8 Å². The fraction of sp³-hybridized carbons (Fsp3) is 0.167. The predicted molar refractivity (Wildman–Crippen MR) is 82.2 cm³/mol. The standard InChI is InChI=1S/C12H9F3IN3S/c1-7-6-20-11(18-7)19-17-5-8-4-9(12(13,14)15)2-3-10(8)16/h2-6H,1H3,(H,18,19). The van der Waals surface area contributed by atoms with Gasteiger partial charge >= 0.3 is 6.18 Å². The third-order valence-electron chi connectivity index (χ3n) is 2.31. The van der Waals surface area contributed by atoms with Crippen LogP contribution < -0.4 is 5.43 Å². The summed E-state index contributed by atoms with van der Waals surface area (Å²) in [5.74, 6) is 0. The van der Waals surface area contributed by atoms with Crippen LogP contribution in [-0.2, 0) is 6.18 Å². The molecule has 1 N–H and O–H groups in total. The monoisotopic (exact) mass is 411 g/mol. The van der Waals surface area contributed by atoms with E-state index in [1.807, 2.05) is 34.9 Å². The average molecular weight is 411 g/mol. The summed E-state index contributed by atoms with van der Waals surface area (Å²) in [6, 6.07) is 3.54. The van der Waals surface area contributed by atoms with Crippen molar-refractivity contribution in [2.45, 2.75) is 13.1 Å². The molecule has 2 aromatic rings. The van der Waals surface area contributed by atoms with Crippen molar-refractivity contribution in [2.75, 3.05) is 5.43 Å². The number of hydrogen-bond acceptors (Lipinski definition) is 4. The summed E-state index contributed by atoms with van der Waals surface area (Å²) in [6.07, 6.45) is -3.00. The molecule has 3 nitrogen and oxygen atoms in total. The van der Waals surface area contributed by atoms with Crippen LogP contribution in [0.3, 0.4) is 0 Å². The van der Waals surface area contributed by atoms with Gasteiger partial charge in [-0.25, -0.2) is 4.98 Å². The zero-order valence-corrected chi connectivity index (χ0v) is 13.2. The molecule has 0 radical (unpaired) electrons. The van der Waals surface area contributed by atoms with Gasteiger partial charge in [-0.2, -0.15) is 18.3 Å². The smallest absolute Gasteiger partial charge is 0.253 e. The number of nitrogens with one attached hydrogen (secondary N) is 1. The summed E-state index contributed by atoms with van der Waals surface area (Å²) in [6.45, 7) is 1.85. The van der Waals surface area contributed by atoms with E-state index in [2.05, 4.69) is 15.5 Å². The van der Waals surface area contributed by atoms with Crippen molar-refractivity contribution in [3.8, 4) is 0 Å². The lowest BCUT2D eigenvalue weighted by atomic mass is 10.1. The molecule has 0 spiro atoms. The first-order chi connectivity index (χ1) is 9.36. The van der Waals surface area contributed by atoms with Gasteiger partial charge in [0.1, 0.15) is 0 Å². The maximum Gasteiger partial charge on any atom is 0.416 e. The summed E-state index contributed by atoms with van der Waals surface area (Å²) in [5, 5.41) is 6.36. The highest BCUT2D eigenvalue weighted by molar-refractivity contribution is 14.1. The third kappa shape index (κ3) is 3.92. The number of hydrazone groups is 1. The fourth-order valence-electron chi connectivity index (χ4n) is 1.38. The molecule has 20 heavy (non-hydrogen) atoms. The zero-order valence-electron chi connectivity index (χ0n) is 10.2. The molecule has 0 unspecified atom stereocenters. The molecule has 0 bridgehead atoms. The predicted octanol–water partition coefficient (Wildman–Crippen LogP) is 4.52. The van der Waals surface area contributed by atoms with Crippen LogP contribution in [0.2, 0.25) is 0 Å². The lowest BCUT2D eigenvalue weighted by molar-refractivity contribution is -0.137. The van der Waals surface area contributed by atoms with Crippen molar-refractivity contribution in [3.63, 3.8) is 0 Å². The first-order valence-corrected chi connectivity index (χ1v) is 7.40. The van der Waals surface area contributed by atoms with Gasteiger partial charge in [0.25, 0.3) is 0 Å². The van der Waals surface area contributed by atoms with E-state index in [9.17, 15) is 13.2 Å². The van der Waals surface area contributed by atoms with E-state index in [-0.39, 0.29) is 0 Å². The number of halogens is 4. The largest absolute Gasteiger partial charge is 0.416 e. The van der Waals surface area contributed by atoms with Crippen LogP contribution in [0.4, 0.5) is 18.3 Å². The highest BCUT2D eigenvalue weighted by atomic mass is 127. The van der Waals surface area contributed by atoms with Crippen LogP contribution in [0.25, 0.3) is 0 Å². The highest BCUT2D eigenvalue weighted by Gasteiger charge is 2.30. The van der Waals surface area contributed by atoms with Crippen molar-refractivity contribution in [3.05, 3.63) is 44.0 Å². The molecule has 1 aromatic carbocycles. The lowest BCUT2D eigenvalue weighted by Crippen LogP contribution is -2.06. The first-order valence-electron chi connectivity index (χ1n) is 5.44. The Bertz CT molecular complexity index is 637. The summed E-state index contributed by atoms with van der Waals surface area (Å²) in [5.41, 5.74) is 3.27. The lowest BCUT2D eigenvalue weighted by Gasteiger charge is -2.08. The maximum absolute atomic E-state index is 12.6. The molecule has 1 heterocycles. The molecule has 0 aliphatic rings. The van der Waals surface area contributed by atoms with Gasteiger partial charge in [0, 0.05) is 14.5 Å². The molecule has 106 valence electrons. The minimum Gasteiger partial charge on any atom is -0.253 e. The van der Waals surface area contributed by atoms with E-state index in [0.29, 0.717) is 14.3 Å². The van der Waals surface area contributed by atoms with Crippen molar-refractivity contribution in [1.29, 1.82) is 0 Å². The quantitative estimate of drug-likeness (QED) is 0.458. The second-order valence-corrected chi connectivity index (χ2v) is 5.92. The topological polar surface area (TPSA) is 37.3 Å². The molecule has 8 heteroatoms. The van der Waals surface area contributed by atoms with Gasteiger partial charge in [0.2, 0.25) is 5.13 Å². The second kappa shape index (κ2) is 6.08. The minimum atomic E-state index is -4.35. The number of rotatable bonds is 3. The molecule has 0 fully saturated rings. The second-order valence-electron chi connectivity index (χ2n) is 3.90. The molecule has 0 amide bonds. The van der Waals surface area contributed by atoms with Crippen molar-refractivity contribution in [1.82, 2.24) is 4.98 Å². The van der Waals surface area contributed by atoms with Crippen LogP contribution in [0.5, 0.6) is 0 Å². The Morgan fingerprint density at radius 2 is 2.15 bits per heavy atom. The Hall–Kier alpha value is -1.16. The number of aromatic nitrogens is 1. The molecular formula is C12H9F3IN3S. The molecule has 0 atom stereocenters. The third-order valence-corrected chi connectivity index (χ3v) is 4.15. The van der Waals surface area contributed by atoms with Gasteiger partial charge < -0.3 is 0 Å². The number of aryl methyl sites for hydroxylation is 1. The van der Waals surface area contributed by atoms with E-state index in [1.165, 1.54) is 23.6 Å². The van der Waals surface area contributed by atoms with Gasteiger partial charge in [0.15, 0.2) is 0 Å². The Morgan fingerprint density at radius 3 is 2.75 bits per heavy atom. The average Bonchev–Trinajstić information content (AvgIpc) is 2.76. The number of hydrogen-bond donors (Lipinski definition) is 1. The normalized spacial score (nSPS) is 12.1.